The van der Waals surface area contributed by atoms with Gasteiger partial charge < -0.3 is 15.5 Å². The average molecular weight is 461 g/mol. The average Bonchev–Trinajstić information content (AvgIpc) is 3.30. The van der Waals surface area contributed by atoms with E-state index < -0.39 is 5.54 Å². The summed E-state index contributed by atoms with van der Waals surface area (Å²) in [5.41, 5.74) is -0.0582. The van der Waals surface area contributed by atoms with Crippen molar-refractivity contribution in [2.24, 2.45) is 5.92 Å². The summed E-state index contributed by atoms with van der Waals surface area (Å²) in [5, 5.41) is 6.41. The predicted octanol–water partition coefficient (Wildman–Crippen LogP) is 2.60. The van der Waals surface area contributed by atoms with Gasteiger partial charge in [-0.05, 0) is 75.5 Å². The minimum absolute atomic E-state index is 0. The first-order valence-electron chi connectivity index (χ1n) is 10.4. The lowest BCUT2D eigenvalue weighted by atomic mass is 9.74. The van der Waals surface area contributed by atoms with Crippen LogP contribution in [0, 0.1) is 11.7 Å². The van der Waals surface area contributed by atoms with Crippen LogP contribution in [0.25, 0.3) is 0 Å². The van der Waals surface area contributed by atoms with E-state index in [4.69, 9.17) is 0 Å². The SMILES string of the molecule is Cl.Cl.O=C1NC(Cc2ccc(F)cc2)(C2CCNCC2)C(=O)N1CCN1CCCC1. The standard InChI is InChI=1S/C21H29FN4O2.2ClH/c22-18-5-3-16(4-6-18)15-21(17-7-9-23-10-8-17)19(27)26(20(28)24-21)14-13-25-11-1-2-12-25;;/h3-6,17,23H,1-2,7-15H2,(H,24,28);2*1H. The topological polar surface area (TPSA) is 64.7 Å². The van der Waals surface area contributed by atoms with Gasteiger partial charge in [-0.1, -0.05) is 12.1 Å². The Morgan fingerprint density at radius 3 is 2.27 bits per heavy atom. The molecule has 0 saturated carbocycles. The van der Waals surface area contributed by atoms with Crippen molar-refractivity contribution in [1.29, 1.82) is 0 Å². The highest BCUT2D eigenvalue weighted by atomic mass is 35.5. The van der Waals surface area contributed by atoms with Crippen LogP contribution in [0.5, 0.6) is 0 Å². The number of carbonyl (C=O) groups excluding carboxylic acids is 2. The maximum atomic E-state index is 13.5. The number of rotatable bonds is 6. The first kappa shape index (κ1) is 24.9. The summed E-state index contributed by atoms with van der Waals surface area (Å²) in [7, 11) is 0. The van der Waals surface area contributed by atoms with Gasteiger partial charge in [0.05, 0.1) is 0 Å². The molecule has 1 aromatic carbocycles. The quantitative estimate of drug-likeness (QED) is 0.640. The van der Waals surface area contributed by atoms with Crippen molar-refractivity contribution < 1.29 is 14.0 Å². The molecule has 6 nitrogen and oxygen atoms in total. The molecule has 3 amide bonds. The molecule has 0 radical (unpaired) electrons. The second kappa shape index (κ2) is 10.8. The van der Waals surface area contributed by atoms with Gasteiger partial charge in [-0.3, -0.25) is 9.69 Å². The fourth-order valence-electron chi connectivity index (χ4n) is 4.88. The molecular weight excluding hydrogens is 430 g/mol. The molecule has 2 N–H and O–H groups in total. The maximum Gasteiger partial charge on any atom is 0.325 e. The second-order valence-electron chi connectivity index (χ2n) is 8.23. The van der Waals surface area contributed by atoms with Gasteiger partial charge in [0.25, 0.3) is 5.91 Å². The number of piperidine rings is 1. The lowest BCUT2D eigenvalue weighted by molar-refractivity contribution is -0.133. The summed E-state index contributed by atoms with van der Waals surface area (Å²) >= 11 is 0. The number of nitrogens with one attached hydrogen (secondary N) is 2. The summed E-state index contributed by atoms with van der Waals surface area (Å²) in [6, 6.07) is 5.97. The summed E-state index contributed by atoms with van der Waals surface area (Å²) in [6.07, 6.45) is 4.45. The van der Waals surface area contributed by atoms with Crippen LogP contribution in [-0.2, 0) is 11.2 Å². The van der Waals surface area contributed by atoms with Crippen LogP contribution in [0.15, 0.2) is 24.3 Å². The number of likely N-dealkylation sites (tertiary alicyclic amines) is 1. The van der Waals surface area contributed by atoms with Crippen molar-refractivity contribution >= 4 is 36.8 Å². The Hall–Kier alpha value is -1.41. The number of urea groups is 1. The van der Waals surface area contributed by atoms with E-state index in [9.17, 15) is 14.0 Å². The van der Waals surface area contributed by atoms with Crippen molar-refractivity contribution in [3.8, 4) is 0 Å². The third kappa shape index (κ3) is 5.07. The molecule has 0 spiro atoms. The minimum Gasteiger partial charge on any atom is -0.322 e. The zero-order valence-electron chi connectivity index (χ0n) is 17.1. The first-order valence-corrected chi connectivity index (χ1v) is 10.4. The molecule has 1 unspecified atom stereocenters. The highest BCUT2D eigenvalue weighted by Gasteiger charge is 2.55. The Morgan fingerprint density at radius 1 is 1.00 bits per heavy atom. The van der Waals surface area contributed by atoms with Crippen molar-refractivity contribution in [2.45, 2.75) is 37.6 Å². The van der Waals surface area contributed by atoms with E-state index in [0.29, 0.717) is 13.0 Å². The van der Waals surface area contributed by atoms with Crippen LogP contribution in [0.1, 0.15) is 31.2 Å². The molecule has 9 heteroatoms. The van der Waals surface area contributed by atoms with Gasteiger partial charge in [0, 0.05) is 19.5 Å². The lowest BCUT2D eigenvalue weighted by Gasteiger charge is -2.38. The molecule has 3 fully saturated rings. The number of imide groups is 1. The third-order valence-electron chi connectivity index (χ3n) is 6.47. The van der Waals surface area contributed by atoms with Crippen molar-refractivity contribution in [1.82, 2.24) is 20.4 Å². The Labute approximate surface area is 189 Å². The fraction of sp³-hybridized carbons (Fsp3) is 0.619. The summed E-state index contributed by atoms with van der Waals surface area (Å²) in [4.78, 5) is 30.1. The molecule has 168 valence electrons. The van der Waals surface area contributed by atoms with Crippen LogP contribution in [-0.4, -0.2) is 66.5 Å². The smallest absolute Gasteiger partial charge is 0.322 e. The van der Waals surface area contributed by atoms with Gasteiger partial charge >= 0.3 is 6.03 Å². The summed E-state index contributed by atoms with van der Waals surface area (Å²) in [6.45, 7) is 4.93. The van der Waals surface area contributed by atoms with Gasteiger partial charge in [0.15, 0.2) is 0 Å². The normalized spacial score (nSPS) is 25.0. The molecule has 0 aliphatic carbocycles. The van der Waals surface area contributed by atoms with Crippen molar-refractivity contribution in [3.05, 3.63) is 35.6 Å². The molecule has 0 aromatic heterocycles. The largest absolute Gasteiger partial charge is 0.325 e. The second-order valence-corrected chi connectivity index (χ2v) is 8.23. The molecule has 30 heavy (non-hydrogen) atoms. The Bertz CT molecular complexity index is 724. The zero-order valence-corrected chi connectivity index (χ0v) is 18.7. The lowest BCUT2D eigenvalue weighted by Crippen LogP contribution is -2.57. The van der Waals surface area contributed by atoms with E-state index in [1.165, 1.54) is 29.9 Å². The Balaban J connectivity index is 0.00000160. The van der Waals surface area contributed by atoms with Crippen molar-refractivity contribution in [3.63, 3.8) is 0 Å². The van der Waals surface area contributed by atoms with Crippen LogP contribution in [0.2, 0.25) is 0 Å². The first-order chi connectivity index (χ1) is 13.6. The van der Waals surface area contributed by atoms with E-state index >= 15 is 0 Å². The van der Waals surface area contributed by atoms with Gasteiger partial charge in [-0.25, -0.2) is 9.18 Å². The van der Waals surface area contributed by atoms with Gasteiger partial charge in [-0.15, -0.1) is 24.8 Å². The minimum atomic E-state index is -0.929. The molecule has 3 aliphatic rings. The number of hydrogen-bond acceptors (Lipinski definition) is 4. The fourth-order valence-corrected chi connectivity index (χ4v) is 4.88. The number of hydrogen-bond donors (Lipinski definition) is 2. The molecule has 3 heterocycles. The third-order valence-corrected chi connectivity index (χ3v) is 6.47. The molecule has 3 saturated heterocycles. The molecule has 0 bridgehead atoms. The Morgan fingerprint density at radius 2 is 1.63 bits per heavy atom. The molecule has 1 aromatic rings. The number of carbonyl (C=O) groups is 2. The van der Waals surface area contributed by atoms with Gasteiger partial charge in [0.1, 0.15) is 11.4 Å². The number of benzene rings is 1. The Kier molecular flexibility index (Phi) is 8.91. The summed E-state index contributed by atoms with van der Waals surface area (Å²) < 4.78 is 13.3. The van der Waals surface area contributed by atoms with E-state index in [0.717, 1.165) is 51.1 Å². The number of halogens is 3. The van der Waals surface area contributed by atoms with E-state index in [2.05, 4.69) is 15.5 Å². The maximum absolute atomic E-state index is 13.5. The monoisotopic (exact) mass is 460 g/mol. The molecule has 1 atom stereocenters. The van der Waals surface area contributed by atoms with Crippen LogP contribution in [0.4, 0.5) is 9.18 Å². The summed E-state index contributed by atoms with van der Waals surface area (Å²) in [5.74, 6) is -0.339. The highest BCUT2D eigenvalue weighted by molar-refractivity contribution is 6.07. The van der Waals surface area contributed by atoms with E-state index in [-0.39, 0.29) is 48.5 Å². The van der Waals surface area contributed by atoms with Crippen LogP contribution >= 0.6 is 24.8 Å². The number of amides is 3. The van der Waals surface area contributed by atoms with E-state index in [1.54, 1.807) is 12.1 Å². The molecule has 3 aliphatic heterocycles. The highest BCUT2D eigenvalue weighted by Crippen LogP contribution is 2.35. The molecular formula is C21H31Cl2FN4O2. The molecule has 4 rings (SSSR count). The van der Waals surface area contributed by atoms with Crippen molar-refractivity contribution in [2.75, 3.05) is 39.3 Å². The van der Waals surface area contributed by atoms with Crippen LogP contribution in [0.3, 0.4) is 0 Å². The van der Waals surface area contributed by atoms with E-state index in [1.807, 2.05) is 0 Å². The van der Waals surface area contributed by atoms with Gasteiger partial charge in [-0.2, -0.15) is 0 Å². The van der Waals surface area contributed by atoms with Crippen LogP contribution < -0.4 is 10.6 Å². The zero-order chi connectivity index (χ0) is 19.6. The number of nitrogens with zero attached hydrogens (tertiary/aromatic N) is 2. The predicted molar refractivity (Wildman–Crippen MR) is 119 cm³/mol. The van der Waals surface area contributed by atoms with Gasteiger partial charge in [0.2, 0.25) is 0 Å².